The van der Waals surface area contributed by atoms with Crippen molar-refractivity contribution in [2.24, 2.45) is 0 Å². The van der Waals surface area contributed by atoms with E-state index >= 15 is 0 Å². The Bertz CT molecular complexity index is 1300. The summed E-state index contributed by atoms with van der Waals surface area (Å²) in [5.41, 5.74) is 1.75. The molecule has 10 heteroatoms. The van der Waals surface area contributed by atoms with Gasteiger partial charge in [-0.15, -0.1) is 0 Å². The summed E-state index contributed by atoms with van der Waals surface area (Å²) in [6.07, 6.45) is 3.36. The number of anilines is 2. The van der Waals surface area contributed by atoms with Gasteiger partial charge in [0.15, 0.2) is 11.6 Å². The topological polar surface area (TPSA) is 121 Å². The summed E-state index contributed by atoms with van der Waals surface area (Å²) in [5.74, 6) is 2.41. The summed E-state index contributed by atoms with van der Waals surface area (Å²) >= 11 is 0. The van der Waals surface area contributed by atoms with Crippen LogP contribution in [0.15, 0.2) is 47.1 Å². The van der Waals surface area contributed by atoms with Gasteiger partial charge in [-0.2, -0.15) is 0 Å². The van der Waals surface area contributed by atoms with E-state index in [4.69, 9.17) is 9.40 Å². The van der Waals surface area contributed by atoms with Crippen LogP contribution in [0, 0.1) is 0 Å². The van der Waals surface area contributed by atoms with Crippen molar-refractivity contribution in [3.8, 4) is 11.4 Å². The number of aryl methyl sites for hydroxylation is 1. The largest absolute Gasteiger partial charge is 0.468 e. The van der Waals surface area contributed by atoms with Crippen LogP contribution in [0.2, 0.25) is 0 Å². The number of benzene rings is 1. The molecule has 1 aliphatic carbocycles. The first-order valence-corrected chi connectivity index (χ1v) is 12.6. The van der Waals surface area contributed by atoms with Crippen LogP contribution in [0.1, 0.15) is 46.2 Å². The molecule has 0 bridgehead atoms. The first-order valence-electron chi connectivity index (χ1n) is 12.6. The van der Waals surface area contributed by atoms with E-state index in [1.807, 2.05) is 36.4 Å². The number of carbonyl (C=O) groups excluding carboxylic acids is 3. The number of fused-ring (bicyclic) bond motifs is 1. The van der Waals surface area contributed by atoms with Crippen LogP contribution >= 0.6 is 0 Å². The fourth-order valence-corrected chi connectivity index (χ4v) is 4.72. The lowest BCUT2D eigenvalue weighted by Gasteiger charge is -2.35. The standard InChI is InChI=1S/C27H30N6O4/c1-18(34)28-10-11-29-23-16-24(31-26(30-23)19-6-3-2-4-7-19)32-12-14-33(15-13-32)27(36)20-17-37-22-9-5-8-21(35)25(20)22/h2-4,6-7,16-17H,5,8-15H2,1H3,(H,28,34)(H,29,30,31). The number of Topliss-reactive ketones (excluding diaryl/α,β-unsaturated/α-hetero) is 1. The Morgan fingerprint density at radius 1 is 1.03 bits per heavy atom. The van der Waals surface area contributed by atoms with Gasteiger partial charge in [0.1, 0.15) is 23.7 Å². The van der Waals surface area contributed by atoms with E-state index in [1.54, 1.807) is 4.90 Å². The zero-order valence-electron chi connectivity index (χ0n) is 20.8. The van der Waals surface area contributed by atoms with E-state index in [9.17, 15) is 14.4 Å². The number of piperazine rings is 1. The molecular weight excluding hydrogens is 472 g/mol. The second-order valence-corrected chi connectivity index (χ2v) is 9.21. The SMILES string of the molecule is CC(=O)NCCNc1cc(N2CCN(C(=O)c3coc4c3C(=O)CCC4)CC2)nc(-c2ccccc2)n1. The van der Waals surface area contributed by atoms with Crippen LogP contribution in [-0.4, -0.2) is 71.7 Å². The zero-order valence-corrected chi connectivity index (χ0v) is 20.8. The number of aromatic nitrogens is 2. The molecule has 2 aromatic heterocycles. The van der Waals surface area contributed by atoms with E-state index in [1.165, 1.54) is 13.2 Å². The Kier molecular flexibility index (Phi) is 7.16. The third-order valence-electron chi connectivity index (χ3n) is 6.62. The number of nitrogens with zero attached hydrogens (tertiary/aromatic N) is 4. The van der Waals surface area contributed by atoms with Gasteiger partial charge < -0.3 is 24.9 Å². The summed E-state index contributed by atoms with van der Waals surface area (Å²) in [4.78, 5) is 50.2. The zero-order chi connectivity index (χ0) is 25.8. The molecule has 1 fully saturated rings. The lowest BCUT2D eigenvalue weighted by Crippen LogP contribution is -2.49. The van der Waals surface area contributed by atoms with Gasteiger partial charge in [0.05, 0.1) is 11.1 Å². The Labute approximate surface area is 215 Å². The maximum atomic E-state index is 13.2. The number of ketones is 1. The summed E-state index contributed by atoms with van der Waals surface area (Å²) in [7, 11) is 0. The number of furan rings is 1. The smallest absolute Gasteiger partial charge is 0.257 e. The molecule has 2 aliphatic rings. The summed E-state index contributed by atoms with van der Waals surface area (Å²) in [6, 6.07) is 11.6. The lowest BCUT2D eigenvalue weighted by molar-refractivity contribution is -0.118. The number of hydrogen-bond donors (Lipinski definition) is 2. The molecule has 0 atom stereocenters. The van der Waals surface area contributed by atoms with Crippen LogP contribution in [0.4, 0.5) is 11.6 Å². The molecule has 3 heterocycles. The van der Waals surface area contributed by atoms with Gasteiger partial charge in [-0.3, -0.25) is 14.4 Å². The first-order chi connectivity index (χ1) is 18.0. The predicted octanol–water partition coefficient (Wildman–Crippen LogP) is 2.77. The van der Waals surface area contributed by atoms with Crippen molar-refractivity contribution in [1.29, 1.82) is 0 Å². The fraction of sp³-hybridized carbons (Fsp3) is 0.370. The molecule has 0 radical (unpaired) electrons. The van der Waals surface area contributed by atoms with Crippen molar-refractivity contribution in [3.05, 3.63) is 59.5 Å². The predicted molar refractivity (Wildman–Crippen MR) is 139 cm³/mol. The van der Waals surface area contributed by atoms with E-state index in [-0.39, 0.29) is 17.6 Å². The number of nitrogens with one attached hydrogen (secondary N) is 2. The van der Waals surface area contributed by atoms with E-state index in [0.29, 0.717) is 80.6 Å². The highest BCUT2D eigenvalue weighted by Crippen LogP contribution is 2.28. The average molecular weight is 503 g/mol. The molecule has 0 unspecified atom stereocenters. The first kappa shape index (κ1) is 24.5. The van der Waals surface area contributed by atoms with Crippen molar-refractivity contribution in [1.82, 2.24) is 20.2 Å². The van der Waals surface area contributed by atoms with Crippen LogP contribution in [-0.2, 0) is 11.2 Å². The summed E-state index contributed by atoms with van der Waals surface area (Å²) < 4.78 is 5.56. The summed E-state index contributed by atoms with van der Waals surface area (Å²) in [6.45, 7) is 4.69. The Morgan fingerprint density at radius 3 is 2.57 bits per heavy atom. The normalized spacial score (nSPS) is 15.3. The molecule has 0 spiro atoms. The van der Waals surface area contributed by atoms with Crippen LogP contribution < -0.4 is 15.5 Å². The van der Waals surface area contributed by atoms with Gasteiger partial charge in [0.25, 0.3) is 5.91 Å². The highest BCUT2D eigenvalue weighted by atomic mass is 16.3. The van der Waals surface area contributed by atoms with Crippen molar-refractivity contribution in [2.45, 2.75) is 26.2 Å². The van der Waals surface area contributed by atoms with Gasteiger partial charge in [-0.05, 0) is 6.42 Å². The number of amides is 2. The minimum Gasteiger partial charge on any atom is -0.468 e. The molecule has 2 amide bonds. The Balaban J connectivity index is 1.30. The summed E-state index contributed by atoms with van der Waals surface area (Å²) in [5, 5.41) is 6.04. The third-order valence-corrected chi connectivity index (χ3v) is 6.62. The maximum absolute atomic E-state index is 13.2. The van der Waals surface area contributed by atoms with Gasteiger partial charge in [0.2, 0.25) is 5.91 Å². The molecule has 3 aromatic rings. The Morgan fingerprint density at radius 2 is 1.81 bits per heavy atom. The van der Waals surface area contributed by atoms with E-state index in [2.05, 4.69) is 20.5 Å². The second-order valence-electron chi connectivity index (χ2n) is 9.21. The molecule has 10 nitrogen and oxygen atoms in total. The third kappa shape index (κ3) is 5.47. The van der Waals surface area contributed by atoms with E-state index < -0.39 is 0 Å². The number of rotatable bonds is 7. The quantitative estimate of drug-likeness (QED) is 0.473. The monoisotopic (exact) mass is 502 g/mol. The van der Waals surface area contributed by atoms with Crippen molar-refractivity contribution in [2.75, 3.05) is 49.5 Å². The molecule has 0 saturated carbocycles. The average Bonchev–Trinajstić information content (AvgIpc) is 3.37. The van der Waals surface area contributed by atoms with Gasteiger partial charge in [-0.25, -0.2) is 9.97 Å². The molecular formula is C27H30N6O4. The minimum absolute atomic E-state index is 0.00931. The van der Waals surface area contributed by atoms with Crippen LogP contribution in [0.3, 0.4) is 0 Å². The molecule has 37 heavy (non-hydrogen) atoms. The van der Waals surface area contributed by atoms with Crippen molar-refractivity contribution in [3.63, 3.8) is 0 Å². The molecule has 1 saturated heterocycles. The van der Waals surface area contributed by atoms with Crippen LogP contribution in [0.5, 0.6) is 0 Å². The second kappa shape index (κ2) is 10.8. The highest BCUT2D eigenvalue weighted by Gasteiger charge is 2.31. The maximum Gasteiger partial charge on any atom is 0.257 e. The minimum atomic E-state index is -0.159. The van der Waals surface area contributed by atoms with Crippen molar-refractivity contribution >= 4 is 29.2 Å². The number of hydrogen-bond acceptors (Lipinski definition) is 8. The molecule has 192 valence electrons. The van der Waals surface area contributed by atoms with Gasteiger partial charge in [-0.1, -0.05) is 30.3 Å². The molecule has 5 rings (SSSR count). The Hall–Kier alpha value is -4.21. The molecule has 1 aromatic carbocycles. The lowest BCUT2D eigenvalue weighted by atomic mass is 9.93. The molecule has 2 N–H and O–H groups in total. The van der Waals surface area contributed by atoms with Gasteiger partial charge >= 0.3 is 0 Å². The molecule has 1 aliphatic heterocycles. The number of carbonyl (C=O) groups is 3. The highest BCUT2D eigenvalue weighted by molar-refractivity contribution is 6.09. The van der Waals surface area contributed by atoms with Crippen molar-refractivity contribution < 1.29 is 18.8 Å². The van der Waals surface area contributed by atoms with E-state index in [0.717, 1.165) is 17.8 Å². The van der Waals surface area contributed by atoms with Gasteiger partial charge in [0, 0.05) is 70.7 Å². The van der Waals surface area contributed by atoms with Crippen LogP contribution in [0.25, 0.3) is 11.4 Å². The fourth-order valence-electron chi connectivity index (χ4n) is 4.72.